The van der Waals surface area contributed by atoms with Gasteiger partial charge in [-0.2, -0.15) is 0 Å². The van der Waals surface area contributed by atoms with Crippen molar-refractivity contribution in [2.24, 2.45) is 0 Å². The van der Waals surface area contributed by atoms with Crippen molar-refractivity contribution in [2.45, 2.75) is 13.8 Å². The number of rotatable bonds is 1. The molecule has 1 aromatic carbocycles. The third kappa shape index (κ3) is 6.31. The number of non-ortho nitro benzene ring substituents is 1. The summed E-state index contributed by atoms with van der Waals surface area (Å²) >= 11 is 6.30. The molecule has 0 aromatic heterocycles. The Bertz CT molecular complexity index is 586. The van der Waals surface area contributed by atoms with Gasteiger partial charge in [0, 0.05) is 26.8 Å². The maximum atomic E-state index is 10.1. The topological polar surface area (TPSA) is 117 Å². The number of halogens is 2. The van der Waals surface area contributed by atoms with Crippen LogP contribution in [-0.2, 0) is 0 Å². The second-order valence-corrected chi connectivity index (χ2v) is 5.34. The summed E-state index contributed by atoms with van der Waals surface area (Å²) in [5, 5.41) is 24.7. The van der Waals surface area contributed by atoms with Gasteiger partial charge >= 0.3 is 0 Å². The Morgan fingerprint density at radius 2 is 1.36 bits per heavy atom. The van der Waals surface area contributed by atoms with Crippen molar-refractivity contribution >= 4 is 54.7 Å². The van der Waals surface area contributed by atoms with Crippen LogP contribution in [0.25, 0.3) is 0 Å². The molecule has 6 nitrogen and oxygen atoms in total. The summed E-state index contributed by atoms with van der Waals surface area (Å²) in [7, 11) is 0. The molecule has 2 rings (SSSR count). The van der Waals surface area contributed by atoms with Crippen LogP contribution in [0.5, 0.6) is 0 Å². The zero-order valence-electron chi connectivity index (χ0n) is 12.1. The molecule has 0 unspecified atom stereocenters. The molecule has 1 aromatic rings. The fourth-order valence-electron chi connectivity index (χ4n) is 1.15. The molecule has 8 heteroatoms. The van der Waals surface area contributed by atoms with E-state index in [2.05, 4.69) is 31.9 Å². The lowest BCUT2D eigenvalue weighted by Crippen LogP contribution is -2.14. The lowest BCUT2D eigenvalue weighted by molar-refractivity contribution is -0.384. The zero-order valence-corrected chi connectivity index (χ0v) is 15.2. The number of nitrogens with zero attached hydrogens (tertiary/aromatic N) is 1. The van der Waals surface area contributed by atoms with Crippen molar-refractivity contribution in [2.75, 3.05) is 5.73 Å². The number of nitro groups is 1. The summed E-state index contributed by atoms with van der Waals surface area (Å²) < 4.78 is 1.31. The number of nitro benzene ring substituents is 1. The van der Waals surface area contributed by atoms with Crippen LogP contribution in [0.1, 0.15) is 13.8 Å². The van der Waals surface area contributed by atoms with Crippen molar-refractivity contribution in [3.63, 3.8) is 0 Å². The number of hydrogen-bond acceptors (Lipinski definition) is 5. The van der Waals surface area contributed by atoms with Crippen LogP contribution in [0.15, 0.2) is 45.4 Å². The highest BCUT2D eigenvalue weighted by atomic mass is 79.9. The van der Waals surface area contributed by atoms with E-state index in [0.717, 1.165) is 0 Å². The Hall–Kier alpha value is -1.80. The predicted molar refractivity (Wildman–Crippen MR) is 98.3 cm³/mol. The summed E-state index contributed by atoms with van der Waals surface area (Å²) in [6, 6.07) is 5.74. The minimum absolute atomic E-state index is 0.0641. The fraction of sp³-hybridized carbons (Fsp3) is 0.143. The Balaban J connectivity index is 0.000000360. The van der Waals surface area contributed by atoms with E-state index in [4.69, 9.17) is 16.6 Å². The van der Waals surface area contributed by atoms with Crippen molar-refractivity contribution in [1.82, 2.24) is 0 Å². The molecule has 0 saturated heterocycles. The molecule has 1 aliphatic rings. The highest BCUT2D eigenvalue weighted by molar-refractivity contribution is 9.12. The standard InChI is InChI=1S/C6H4Br2N2.C6H6N2O2.C2H6/c7-3-1-2-4(8)6(10)5(3)9;7-5-1-3-6(4-2-5)8(9)10;1-2/h1-2,9-10H;1-4H,7H2;1-2H3. The highest BCUT2D eigenvalue weighted by Gasteiger charge is 2.14. The number of nitrogens with one attached hydrogen (secondary N) is 2. The lowest BCUT2D eigenvalue weighted by atomic mass is 10.1. The molecule has 118 valence electrons. The molecule has 1 aliphatic carbocycles. The third-order valence-electron chi connectivity index (χ3n) is 2.21. The van der Waals surface area contributed by atoms with Gasteiger partial charge in [-0.1, -0.05) is 13.8 Å². The van der Waals surface area contributed by atoms with Crippen LogP contribution in [0, 0.1) is 20.9 Å². The van der Waals surface area contributed by atoms with Crippen LogP contribution in [-0.4, -0.2) is 16.3 Å². The van der Waals surface area contributed by atoms with Crippen molar-refractivity contribution in [3.05, 3.63) is 55.5 Å². The van der Waals surface area contributed by atoms with Gasteiger partial charge in [0.05, 0.1) is 16.3 Å². The van der Waals surface area contributed by atoms with Crippen LogP contribution in [0.3, 0.4) is 0 Å². The van der Waals surface area contributed by atoms with Crippen molar-refractivity contribution in [3.8, 4) is 0 Å². The smallest absolute Gasteiger partial charge is 0.269 e. The van der Waals surface area contributed by atoms with E-state index in [9.17, 15) is 10.1 Å². The van der Waals surface area contributed by atoms with Crippen LogP contribution in [0.4, 0.5) is 11.4 Å². The van der Waals surface area contributed by atoms with Gasteiger partial charge in [-0.25, -0.2) is 0 Å². The number of anilines is 1. The largest absolute Gasteiger partial charge is 0.399 e. The first-order valence-corrected chi connectivity index (χ1v) is 7.82. The maximum absolute atomic E-state index is 10.1. The highest BCUT2D eigenvalue weighted by Crippen LogP contribution is 2.20. The molecule has 0 bridgehead atoms. The first-order valence-electron chi connectivity index (χ1n) is 6.24. The van der Waals surface area contributed by atoms with Gasteiger partial charge in [-0.05, 0) is 56.1 Å². The van der Waals surface area contributed by atoms with Gasteiger partial charge in [0.1, 0.15) is 0 Å². The Morgan fingerprint density at radius 1 is 1.00 bits per heavy atom. The summed E-state index contributed by atoms with van der Waals surface area (Å²) in [6.45, 7) is 4.00. The van der Waals surface area contributed by atoms with E-state index < -0.39 is 4.92 Å². The van der Waals surface area contributed by atoms with E-state index in [1.54, 1.807) is 12.2 Å². The molecule has 0 heterocycles. The Labute approximate surface area is 145 Å². The van der Waals surface area contributed by atoms with E-state index in [1.165, 1.54) is 24.3 Å². The van der Waals surface area contributed by atoms with Crippen LogP contribution < -0.4 is 5.73 Å². The van der Waals surface area contributed by atoms with Crippen LogP contribution in [0.2, 0.25) is 0 Å². The number of nitrogens with two attached hydrogens (primary N) is 1. The maximum Gasteiger partial charge on any atom is 0.269 e. The van der Waals surface area contributed by atoms with E-state index in [0.29, 0.717) is 14.7 Å². The number of allylic oxidation sites excluding steroid dienone is 4. The molecule has 0 aliphatic heterocycles. The summed E-state index contributed by atoms with van der Waals surface area (Å²) in [5.74, 6) is 0. The summed E-state index contributed by atoms with van der Waals surface area (Å²) in [5.41, 5.74) is 6.34. The molecule has 0 amide bonds. The SMILES string of the molecule is CC.N=C1C(=N)C(Br)=CC=C1Br.Nc1ccc([N+](=O)[O-])cc1. The number of benzene rings is 1. The van der Waals surface area contributed by atoms with Crippen molar-refractivity contribution in [1.29, 1.82) is 10.8 Å². The fourth-order valence-corrected chi connectivity index (χ4v) is 1.81. The quantitative estimate of drug-likeness (QED) is 0.256. The van der Waals surface area contributed by atoms with E-state index in [1.807, 2.05) is 13.8 Å². The minimum Gasteiger partial charge on any atom is -0.399 e. The minimum atomic E-state index is -0.459. The molecule has 0 fully saturated rings. The lowest BCUT2D eigenvalue weighted by Gasteiger charge is -2.07. The summed E-state index contributed by atoms with van der Waals surface area (Å²) in [4.78, 5) is 9.62. The average molecular weight is 432 g/mol. The van der Waals surface area contributed by atoms with Crippen molar-refractivity contribution < 1.29 is 4.92 Å². The number of hydrogen-bond donors (Lipinski definition) is 3. The molecular weight excluding hydrogens is 416 g/mol. The number of nitrogen functional groups attached to an aromatic ring is 1. The van der Waals surface area contributed by atoms with Gasteiger partial charge in [0.2, 0.25) is 0 Å². The van der Waals surface area contributed by atoms with Gasteiger partial charge in [0.15, 0.2) is 0 Å². The first kappa shape index (κ1) is 20.2. The Morgan fingerprint density at radius 3 is 1.68 bits per heavy atom. The zero-order chi connectivity index (χ0) is 17.3. The monoisotopic (exact) mass is 430 g/mol. The molecule has 4 N–H and O–H groups in total. The van der Waals surface area contributed by atoms with Gasteiger partial charge in [-0.15, -0.1) is 0 Å². The normalized spacial score (nSPS) is 12.9. The summed E-state index contributed by atoms with van der Waals surface area (Å²) in [6.07, 6.45) is 3.48. The van der Waals surface area contributed by atoms with Gasteiger partial charge in [-0.3, -0.25) is 20.9 Å². The molecule has 0 radical (unpaired) electrons. The average Bonchev–Trinajstić information content (AvgIpc) is 2.52. The Kier molecular flexibility index (Phi) is 9.20. The third-order valence-corrected chi connectivity index (χ3v) is 3.53. The molecule has 22 heavy (non-hydrogen) atoms. The van der Waals surface area contributed by atoms with E-state index >= 15 is 0 Å². The molecule has 0 saturated carbocycles. The van der Waals surface area contributed by atoms with Crippen LogP contribution >= 0.6 is 31.9 Å². The second-order valence-electron chi connectivity index (χ2n) is 3.63. The molecular formula is C14H16Br2N4O2. The molecule has 0 spiro atoms. The molecule has 0 atom stereocenters. The first-order chi connectivity index (χ1) is 10.3. The predicted octanol–water partition coefficient (Wildman–Crippen LogP) is 4.80. The van der Waals surface area contributed by atoms with E-state index in [-0.39, 0.29) is 17.1 Å². The second kappa shape index (κ2) is 10.0. The van der Waals surface area contributed by atoms with Gasteiger partial charge < -0.3 is 5.73 Å². The van der Waals surface area contributed by atoms with Gasteiger partial charge in [0.25, 0.3) is 5.69 Å².